The summed E-state index contributed by atoms with van der Waals surface area (Å²) in [6.07, 6.45) is 3.01. The minimum atomic E-state index is -0.402. The smallest absolute Gasteiger partial charge is 0.253 e. The summed E-state index contributed by atoms with van der Waals surface area (Å²) < 4.78 is 0. The van der Waals surface area contributed by atoms with Crippen molar-refractivity contribution >= 4 is 35.0 Å². The van der Waals surface area contributed by atoms with E-state index in [9.17, 15) is 14.4 Å². The fourth-order valence-corrected chi connectivity index (χ4v) is 3.55. The molecule has 1 heterocycles. The lowest BCUT2D eigenvalue weighted by molar-refractivity contribution is -0.126. The highest BCUT2D eigenvalue weighted by atomic mass is 35.5. The highest BCUT2D eigenvalue weighted by molar-refractivity contribution is 6.31. The number of anilines is 1. The quantitative estimate of drug-likeness (QED) is 0.686. The number of aryl methyl sites for hydroxylation is 1. The standard InChI is InChI=1S/C23H26ClN3O3/c1-16-5-10-19(24)13-20(16)26-22(29)14-21(28)25-15-17-6-8-18(9-7-17)23(30)27-11-3-2-4-12-27/h5-10,13H,2-4,11-12,14-15H2,1H3,(H,25,28)(H,26,29). The SMILES string of the molecule is Cc1ccc(Cl)cc1NC(=O)CC(=O)NCc1ccc(C(=O)N2CCCCC2)cc1. The van der Waals surface area contributed by atoms with Gasteiger partial charge in [0.1, 0.15) is 6.42 Å². The van der Waals surface area contributed by atoms with Gasteiger partial charge in [-0.3, -0.25) is 14.4 Å². The first-order valence-electron chi connectivity index (χ1n) is 10.1. The van der Waals surface area contributed by atoms with Crippen LogP contribution in [0, 0.1) is 6.92 Å². The van der Waals surface area contributed by atoms with E-state index in [1.807, 2.05) is 24.0 Å². The molecule has 0 spiro atoms. The van der Waals surface area contributed by atoms with Gasteiger partial charge in [-0.05, 0) is 61.6 Å². The molecule has 3 amide bonds. The summed E-state index contributed by atoms with van der Waals surface area (Å²) in [5.74, 6) is -0.723. The molecule has 0 aliphatic carbocycles. The Morgan fingerprint density at radius 1 is 0.967 bits per heavy atom. The Labute approximate surface area is 181 Å². The predicted molar refractivity (Wildman–Crippen MR) is 117 cm³/mol. The molecule has 30 heavy (non-hydrogen) atoms. The molecule has 1 saturated heterocycles. The van der Waals surface area contributed by atoms with Crippen LogP contribution >= 0.6 is 11.6 Å². The van der Waals surface area contributed by atoms with Crippen LogP contribution in [0.25, 0.3) is 0 Å². The molecule has 0 saturated carbocycles. The molecule has 1 fully saturated rings. The van der Waals surface area contributed by atoms with Gasteiger partial charge in [0.25, 0.3) is 5.91 Å². The zero-order valence-corrected chi connectivity index (χ0v) is 17.8. The number of rotatable bonds is 6. The van der Waals surface area contributed by atoms with Gasteiger partial charge in [0.2, 0.25) is 11.8 Å². The number of nitrogens with zero attached hydrogens (tertiary/aromatic N) is 1. The molecule has 3 rings (SSSR count). The summed E-state index contributed by atoms with van der Waals surface area (Å²) in [4.78, 5) is 38.6. The minimum absolute atomic E-state index is 0.0539. The third-order valence-electron chi connectivity index (χ3n) is 5.13. The van der Waals surface area contributed by atoms with Crippen LogP contribution in [0.5, 0.6) is 0 Å². The summed E-state index contributed by atoms with van der Waals surface area (Å²) in [6.45, 7) is 3.77. The lowest BCUT2D eigenvalue weighted by Crippen LogP contribution is -2.35. The number of carbonyl (C=O) groups is 3. The van der Waals surface area contributed by atoms with Crippen LogP contribution in [0.15, 0.2) is 42.5 Å². The van der Waals surface area contributed by atoms with Gasteiger partial charge in [0.15, 0.2) is 0 Å². The number of hydrogen-bond donors (Lipinski definition) is 2. The second kappa shape index (κ2) is 10.3. The molecule has 2 aromatic rings. The van der Waals surface area contributed by atoms with Crippen LogP contribution in [0.3, 0.4) is 0 Å². The van der Waals surface area contributed by atoms with Crippen molar-refractivity contribution in [2.45, 2.75) is 39.2 Å². The number of likely N-dealkylation sites (tertiary alicyclic amines) is 1. The van der Waals surface area contributed by atoms with Crippen molar-refractivity contribution < 1.29 is 14.4 Å². The first-order chi connectivity index (χ1) is 14.4. The van der Waals surface area contributed by atoms with Crippen LogP contribution in [-0.2, 0) is 16.1 Å². The summed E-state index contributed by atoms with van der Waals surface area (Å²) in [6, 6.07) is 12.4. The maximum absolute atomic E-state index is 12.5. The molecule has 0 bridgehead atoms. The van der Waals surface area contributed by atoms with Crippen LogP contribution in [0.1, 0.15) is 47.2 Å². The Hall–Kier alpha value is -2.86. The largest absolute Gasteiger partial charge is 0.352 e. The van der Waals surface area contributed by atoms with Crippen LogP contribution in [0.2, 0.25) is 5.02 Å². The lowest BCUT2D eigenvalue weighted by Gasteiger charge is -2.26. The Bertz CT molecular complexity index is 922. The van der Waals surface area contributed by atoms with E-state index in [-0.39, 0.29) is 18.2 Å². The van der Waals surface area contributed by atoms with Crippen molar-refractivity contribution in [2.75, 3.05) is 18.4 Å². The molecule has 1 aliphatic rings. The molecule has 2 aromatic carbocycles. The summed E-state index contributed by atoms with van der Waals surface area (Å²) in [5, 5.41) is 5.95. The summed E-state index contributed by atoms with van der Waals surface area (Å²) in [7, 11) is 0. The monoisotopic (exact) mass is 427 g/mol. The molecule has 158 valence electrons. The van der Waals surface area contributed by atoms with Crippen LogP contribution in [0.4, 0.5) is 5.69 Å². The number of hydrogen-bond acceptors (Lipinski definition) is 3. The fourth-order valence-electron chi connectivity index (χ4n) is 3.38. The second-order valence-corrected chi connectivity index (χ2v) is 7.95. The van der Waals surface area contributed by atoms with Gasteiger partial charge in [-0.25, -0.2) is 0 Å². The number of benzene rings is 2. The van der Waals surface area contributed by atoms with Crippen molar-refractivity contribution in [3.8, 4) is 0 Å². The van der Waals surface area contributed by atoms with E-state index in [0.717, 1.165) is 37.1 Å². The van der Waals surface area contributed by atoms with Gasteiger partial charge in [-0.15, -0.1) is 0 Å². The Balaban J connectivity index is 1.46. The first-order valence-corrected chi connectivity index (χ1v) is 10.5. The van der Waals surface area contributed by atoms with Crippen molar-refractivity contribution in [1.82, 2.24) is 10.2 Å². The molecule has 0 atom stereocenters. The van der Waals surface area contributed by atoms with Crippen molar-refractivity contribution in [2.24, 2.45) is 0 Å². The molecule has 0 aromatic heterocycles. The first kappa shape index (κ1) is 21.8. The number of piperidine rings is 1. The molecular weight excluding hydrogens is 402 g/mol. The average molecular weight is 428 g/mol. The molecule has 2 N–H and O–H groups in total. The second-order valence-electron chi connectivity index (χ2n) is 7.51. The maximum atomic E-state index is 12.5. The van der Waals surface area contributed by atoms with E-state index >= 15 is 0 Å². The Morgan fingerprint density at radius 2 is 1.67 bits per heavy atom. The molecule has 0 unspecified atom stereocenters. The molecule has 6 nitrogen and oxygen atoms in total. The van der Waals surface area contributed by atoms with E-state index < -0.39 is 5.91 Å². The van der Waals surface area contributed by atoms with E-state index in [0.29, 0.717) is 22.8 Å². The van der Waals surface area contributed by atoms with Crippen molar-refractivity contribution in [3.63, 3.8) is 0 Å². The molecule has 1 aliphatic heterocycles. The van der Waals surface area contributed by atoms with Gasteiger partial charge in [-0.2, -0.15) is 0 Å². The number of carbonyl (C=O) groups excluding carboxylic acids is 3. The number of nitrogens with one attached hydrogen (secondary N) is 2. The van der Waals surface area contributed by atoms with E-state index in [1.54, 1.807) is 30.3 Å². The maximum Gasteiger partial charge on any atom is 0.253 e. The fraction of sp³-hybridized carbons (Fsp3) is 0.348. The zero-order chi connectivity index (χ0) is 21.5. The van der Waals surface area contributed by atoms with Gasteiger partial charge < -0.3 is 15.5 Å². The van der Waals surface area contributed by atoms with E-state index in [2.05, 4.69) is 10.6 Å². The molecular formula is C23H26ClN3O3. The summed E-state index contributed by atoms with van der Waals surface area (Å²) in [5.41, 5.74) is 2.98. The lowest BCUT2D eigenvalue weighted by atomic mass is 10.1. The Kier molecular flexibility index (Phi) is 7.46. The molecule has 0 radical (unpaired) electrons. The number of amides is 3. The van der Waals surface area contributed by atoms with Crippen LogP contribution in [-0.4, -0.2) is 35.7 Å². The van der Waals surface area contributed by atoms with Gasteiger partial charge in [-0.1, -0.05) is 29.8 Å². The van der Waals surface area contributed by atoms with Crippen LogP contribution < -0.4 is 10.6 Å². The summed E-state index contributed by atoms with van der Waals surface area (Å²) >= 11 is 5.94. The minimum Gasteiger partial charge on any atom is -0.352 e. The van der Waals surface area contributed by atoms with Crippen molar-refractivity contribution in [1.29, 1.82) is 0 Å². The van der Waals surface area contributed by atoms with E-state index in [4.69, 9.17) is 11.6 Å². The topological polar surface area (TPSA) is 78.5 Å². The predicted octanol–water partition coefficient (Wildman–Crippen LogP) is 3.92. The highest BCUT2D eigenvalue weighted by Crippen LogP contribution is 2.20. The van der Waals surface area contributed by atoms with Gasteiger partial charge in [0, 0.05) is 35.9 Å². The Morgan fingerprint density at radius 3 is 2.37 bits per heavy atom. The van der Waals surface area contributed by atoms with Crippen molar-refractivity contribution in [3.05, 3.63) is 64.2 Å². The average Bonchev–Trinajstić information content (AvgIpc) is 2.75. The molecule has 7 heteroatoms. The number of halogens is 1. The van der Waals surface area contributed by atoms with E-state index in [1.165, 1.54) is 6.42 Å². The normalized spacial score (nSPS) is 13.6. The highest BCUT2D eigenvalue weighted by Gasteiger charge is 2.18. The zero-order valence-electron chi connectivity index (χ0n) is 17.0. The third kappa shape index (κ3) is 6.07. The van der Waals surface area contributed by atoms with Gasteiger partial charge in [0.05, 0.1) is 0 Å². The third-order valence-corrected chi connectivity index (χ3v) is 5.36. The van der Waals surface area contributed by atoms with Gasteiger partial charge >= 0.3 is 0 Å².